The number of halogens is 1. The second-order valence-electron chi connectivity index (χ2n) is 3.71. The molecule has 1 rings (SSSR count). The van der Waals surface area contributed by atoms with Crippen molar-refractivity contribution < 1.29 is 9.13 Å². The van der Waals surface area contributed by atoms with E-state index in [0.717, 1.165) is 24.3 Å². The fourth-order valence-electron chi connectivity index (χ4n) is 1.27. The molecule has 1 atom stereocenters. The maximum absolute atomic E-state index is 12.6. The van der Waals surface area contributed by atoms with Gasteiger partial charge in [0.1, 0.15) is 11.6 Å². The zero-order valence-electron chi connectivity index (χ0n) is 8.95. The molecule has 0 aliphatic carbocycles. The van der Waals surface area contributed by atoms with E-state index >= 15 is 0 Å². The molecule has 0 aliphatic heterocycles. The molecule has 0 bridgehead atoms. The molecular formula is C12H17FOS. The second kappa shape index (κ2) is 6.72. The Balaban J connectivity index is 2.22. The van der Waals surface area contributed by atoms with Gasteiger partial charge in [-0.25, -0.2) is 4.39 Å². The molecule has 1 nitrogen and oxygen atoms in total. The summed E-state index contributed by atoms with van der Waals surface area (Å²) in [5.41, 5.74) is 0. The van der Waals surface area contributed by atoms with Crippen LogP contribution in [0.25, 0.3) is 0 Å². The van der Waals surface area contributed by atoms with Crippen molar-refractivity contribution in [2.75, 3.05) is 12.4 Å². The molecule has 1 aromatic carbocycles. The van der Waals surface area contributed by atoms with Gasteiger partial charge in [0.05, 0.1) is 6.61 Å². The molecule has 0 fully saturated rings. The van der Waals surface area contributed by atoms with E-state index in [4.69, 9.17) is 4.74 Å². The van der Waals surface area contributed by atoms with Gasteiger partial charge in [0.2, 0.25) is 0 Å². The highest BCUT2D eigenvalue weighted by atomic mass is 32.1. The zero-order valence-corrected chi connectivity index (χ0v) is 9.84. The first-order chi connectivity index (χ1) is 7.22. The van der Waals surface area contributed by atoms with Gasteiger partial charge in [-0.2, -0.15) is 12.6 Å². The Hall–Kier alpha value is -0.700. The molecule has 0 N–H and O–H groups in total. The number of benzene rings is 1. The van der Waals surface area contributed by atoms with Crippen LogP contribution in [0.2, 0.25) is 0 Å². The maximum Gasteiger partial charge on any atom is 0.123 e. The molecule has 0 aliphatic rings. The molecule has 0 saturated heterocycles. The summed E-state index contributed by atoms with van der Waals surface area (Å²) < 4.78 is 18.1. The lowest BCUT2D eigenvalue weighted by Gasteiger charge is -2.10. The third-order valence-corrected chi connectivity index (χ3v) is 2.57. The topological polar surface area (TPSA) is 9.23 Å². The Morgan fingerprint density at radius 3 is 2.53 bits per heavy atom. The number of hydrogen-bond donors (Lipinski definition) is 1. The van der Waals surface area contributed by atoms with Crippen molar-refractivity contribution in [1.82, 2.24) is 0 Å². The smallest absolute Gasteiger partial charge is 0.123 e. The summed E-state index contributed by atoms with van der Waals surface area (Å²) in [5.74, 6) is 2.04. The van der Waals surface area contributed by atoms with Crippen LogP contribution in [0.4, 0.5) is 4.39 Å². The van der Waals surface area contributed by atoms with Crippen molar-refractivity contribution in [2.24, 2.45) is 5.92 Å². The third kappa shape index (κ3) is 5.07. The molecule has 0 spiro atoms. The van der Waals surface area contributed by atoms with Gasteiger partial charge in [0, 0.05) is 0 Å². The number of ether oxygens (including phenoxy) is 1. The fraction of sp³-hybridized carbons (Fsp3) is 0.500. The highest BCUT2D eigenvalue weighted by molar-refractivity contribution is 7.80. The molecule has 0 saturated carbocycles. The maximum atomic E-state index is 12.6. The van der Waals surface area contributed by atoms with Crippen molar-refractivity contribution in [1.29, 1.82) is 0 Å². The van der Waals surface area contributed by atoms with Crippen LogP contribution in [0.5, 0.6) is 5.75 Å². The van der Waals surface area contributed by atoms with E-state index in [0.29, 0.717) is 12.5 Å². The Morgan fingerprint density at radius 1 is 1.27 bits per heavy atom. The van der Waals surface area contributed by atoms with Gasteiger partial charge in [-0.15, -0.1) is 0 Å². The van der Waals surface area contributed by atoms with Crippen LogP contribution in [0, 0.1) is 11.7 Å². The minimum absolute atomic E-state index is 0.231. The fourth-order valence-corrected chi connectivity index (χ4v) is 1.71. The quantitative estimate of drug-likeness (QED) is 0.733. The van der Waals surface area contributed by atoms with Gasteiger partial charge in [0.15, 0.2) is 0 Å². The predicted molar refractivity (Wildman–Crippen MR) is 64.1 cm³/mol. The van der Waals surface area contributed by atoms with E-state index in [1.54, 1.807) is 12.1 Å². The summed E-state index contributed by atoms with van der Waals surface area (Å²) in [6.45, 7) is 2.87. The molecular weight excluding hydrogens is 211 g/mol. The SMILES string of the molecule is CC(CCS)CCOc1ccc(F)cc1. The lowest BCUT2D eigenvalue weighted by molar-refractivity contribution is 0.282. The predicted octanol–water partition coefficient (Wildman–Crippen LogP) is 3.55. The van der Waals surface area contributed by atoms with Gasteiger partial charge in [-0.1, -0.05) is 6.92 Å². The lowest BCUT2D eigenvalue weighted by Crippen LogP contribution is -2.04. The van der Waals surface area contributed by atoms with Crippen LogP contribution in [0.1, 0.15) is 19.8 Å². The largest absolute Gasteiger partial charge is 0.494 e. The van der Waals surface area contributed by atoms with Crippen molar-refractivity contribution in [3.63, 3.8) is 0 Å². The second-order valence-corrected chi connectivity index (χ2v) is 4.16. The van der Waals surface area contributed by atoms with Crippen LogP contribution >= 0.6 is 12.6 Å². The van der Waals surface area contributed by atoms with Crippen LogP contribution in [-0.2, 0) is 0 Å². The summed E-state index contributed by atoms with van der Waals surface area (Å²) in [6, 6.07) is 6.12. The average molecular weight is 228 g/mol. The van der Waals surface area contributed by atoms with E-state index in [2.05, 4.69) is 19.6 Å². The van der Waals surface area contributed by atoms with Gasteiger partial charge >= 0.3 is 0 Å². The van der Waals surface area contributed by atoms with Crippen LogP contribution < -0.4 is 4.74 Å². The Labute approximate surface area is 96.1 Å². The zero-order chi connectivity index (χ0) is 11.1. The van der Waals surface area contributed by atoms with Crippen LogP contribution in [0.15, 0.2) is 24.3 Å². The highest BCUT2D eigenvalue weighted by Gasteiger charge is 2.01. The molecule has 3 heteroatoms. The molecule has 84 valence electrons. The summed E-state index contributed by atoms with van der Waals surface area (Å²) in [6.07, 6.45) is 2.12. The van der Waals surface area contributed by atoms with Gasteiger partial charge in [-0.05, 0) is 48.8 Å². The van der Waals surface area contributed by atoms with Gasteiger partial charge < -0.3 is 4.74 Å². The first kappa shape index (κ1) is 12.4. The standard InChI is InChI=1S/C12H17FOS/c1-10(7-9-15)6-8-14-12-4-2-11(13)3-5-12/h2-5,10,15H,6-9H2,1H3. The van der Waals surface area contributed by atoms with Gasteiger partial charge in [0.25, 0.3) is 0 Å². The van der Waals surface area contributed by atoms with E-state index in [9.17, 15) is 4.39 Å². The number of rotatable bonds is 6. The minimum atomic E-state index is -0.231. The van der Waals surface area contributed by atoms with E-state index in [-0.39, 0.29) is 5.82 Å². The monoisotopic (exact) mass is 228 g/mol. The molecule has 1 aromatic rings. The van der Waals surface area contributed by atoms with E-state index < -0.39 is 0 Å². The average Bonchev–Trinajstić information content (AvgIpc) is 2.21. The van der Waals surface area contributed by atoms with E-state index in [1.807, 2.05) is 0 Å². The van der Waals surface area contributed by atoms with Gasteiger partial charge in [-0.3, -0.25) is 0 Å². The van der Waals surface area contributed by atoms with Crippen molar-refractivity contribution in [3.8, 4) is 5.75 Å². The molecule has 15 heavy (non-hydrogen) atoms. The number of thiol groups is 1. The molecule has 1 unspecified atom stereocenters. The highest BCUT2D eigenvalue weighted by Crippen LogP contribution is 2.13. The Morgan fingerprint density at radius 2 is 1.93 bits per heavy atom. The summed E-state index contributed by atoms with van der Waals surface area (Å²) in [5, 5.41) is 0. The number of hydrogen-bond acceptors (Lipinski definition) is 2. The van der Waals surface area contributed by atoms with Crippen molar-refractivity contribution >= 4 is 12.6 Å². The molecule has 0 radical (unpaired) electrons. The normalized spacial score (nSPS) is 12.5. The molecule has 0 aromatic heterocycles. The molecule has 0 heterocycles. The lowest BCUT2D eigenvalue weighted by atomic mass is 10.1. The first-order valence-electron chi connectivity index (χ1n) is 5.21. The summed E-state index contributed by atoms with van der Waals surface area (Å²) in [7, 11) is 0. The third-order valence-electron chi connectivity index (χ3n) is 2.31. The molecule has 0 amide bonds. The van der Waals surface area contributed by atoms with Crippen LogP contribution in [0.3, 0.4) is 0 Å². The van der Waals surface area contributed by atoms with Crippen molar-refractivity contribution in [3.05, 3.63) is 30.1 Å². The summed E-state index contributed by atoms with van der Waals surface area (Å²) in [4.78, 5) is 0. The first-order valence-corrected chi connectivity index (χ1v) is 5.85. The Kier molecular flexibility index (Phi) is 5.54. The minimum Gasteiger partial charge on any atom is -0.494 e. The van der Waals surface area contributed by atoms with Crippen molar-refractivity contribution in [2.45, 2.75) is 19.8 Å². The summed E-state index contributed by atoms with van der Waals surface area (Å²) >= 11 is 4.18. The van der Waals surface area contributed by atoms with Crippen LogP contribution in [-0.4, -0.2) is 12.4 Å². The van der Waals surface area contributed by atoms with E-state index in [1.165, 1.54) is 12.1 Å². The Bertz CT molecular complexity index is 273.